The number of piperidine rings is 1. The number of nitrogens with zero attached hydrogens (tertiary/aromatic N) is 1. The van der Waals surface area contributed by atoms with Crippen molar-refractivity contribution in [1.29, 1.82) is 0 Å². The lowest BCUT2D eigenvalue weighted by atomic mass is 9.68. The van der Waals surface area contributed by atoms with E-state index < -0.39 is 0 Å². The largest absolute Gasteiger partial charge is 0.491 e. The average Bonchev–Trinajstić information content (AvgIpc) is 3.02. The van der Waals surface area contributed by atoms with Crippen molar-refractivity contribution in [2.24, 2.45) is 5.92 Å². The SMILES string of the molecule is CC(C)Oc1cccc(C2CCN(C(=O)C3CC4(COC(=O)N4)C3)CC2)c1. The van der Waals surface area contributed by atoms with Crippen LogP contribution in [-0.4, -0.2) is 48.2 Å². The van der Waals surface area contributed by atoms with Gasteiger partial charge in [0.2, 0.25) is 5.91 Å². The zero-order valence-electron chi connectivity index (χ0n) is 16.1. The minimum absolute atomic E-state index is 0.0197. The first-order chi connectivity index (χ1) is 12.9. The lowest BCUT2D eigenvalue weighted by Crippen LogP contribution is -2.58. The van der Waals surface area contributed by atoms with Gasteiger partial charge < -0.3 is 19.7 Å². The first kappa shape index (κ1) is 18.1. The molecule has 6 heteroatoms. The van der Waals surface area contributed by atoms with Gasteiger partial charge in [-0.05, 0) is 63.1 Å². The fraction of sp³-hybridized carbons (Fsp3) is 0.619. The summed E-state index contributed by atoms with van der Waals surface area (Å²) in [6.45, 7) is 6.05. The maximum atomic E-state index is 12.8. The Bertz CT molecular complexity index is 719. The molecule has 1 aliphatic carbocycles. The molecule has 1 saturated carbocycles. The van der Waals surface area contributed by atoms with Crippen LogP contribution in [0.5, 0.6) is 5.75 Å². The van der Waals surface area contributed by atoms with E-state index in [1.165, 1.54) is 5.56 Å². The van der Waals surface area contributed by atoms with Crippen LogP contribution >= 0.6 is 0 Å². The van der Waals surface area contributed by atoms with Crippen molar-refractivity contribution in [3.63, 3.8) is 0 Å². The average molecular weight is 372 g/mol. The molecule has 1 N–H and O–H groups in total. The van der Waals surface area contributed by atoms with Crippen LogP contribution in [0.3, 0.4) is 0 Å². The van der Waals surface area contributed by atoms with E-state index in [4.69, 9.17) is 9.47 Å². The van der Waals surface area contributed by atoms with Crippen LogP contribution in [-0.2, 0) is 9.53 Å². The van der Waals surface area contributed by atoms with Crippen LogP contribution in [0.1, 0.15) is 51.0 Å². The van der Waals surface area contributed by atoms with Gasteiger partial charge in [-0.2, -0.15) is 0 Å². The van der Waals surface area contributed by atoms with E-state index in [-0.39, 0.29) is 29.6 Å². The van der Waals surface area contributed by atoms with Gasteiger partial charge in [-0.25, -0.2) is 4.79 Å². The molecule has 1 spiro atoms. The highest BCUT2D eigenvalue weighted by atomic mass is 16.6. The lowest BCUT2D eigenvalue weighted by Gasteiger charge is -2.45. The van der Waals surface area contributed by atoms with Crippen LogP contribution in [0.15, 0.2) is 24.3 Å². The molecule has 2 saturated heterocycles. The predicted molar refractivity (Wildman–Crippen MR) is 101 cm³/mol. The van der Waals surface area contributed by atoms with E-state index in [9.17, 15) is 9.59 Å². The highest BCUT2D eigenvalue weighted by molar-refractivity contribution is 5.81. The van der Waals surface area contributed by atoms with Gasteiger partial charge >= 0.3 is 6.09 Å². The molecule has 0 bridgehead atoms. The molecule has 2 amide bonds. The number of alkyl carbamates (subject to hydrolysis) is 1. The van der Waals surface area contributed by atoms with E-state index in [0.29, 0.717) is 25.4 Å². The maximum Gasteiger partial charge on any atom is 0.407 e. The molecule has 1 aromatic carbocycles. The van der Waals surface area contributed by atoms with E-state index in [1.54, 1.807) is 0 Å². The Balaban J connectivity index is 1.29. The van der Waals surface area contributed by atoms with Crippen LogP contribution in [0, 0.1) is 5.92 Å². The first-order valence-electron chi connectivity index (χ1n) is 9.94. The number of hydrogen-bond acceptors (Lipinski definition) is 4. The molecule has 3 fully saturated rings. The van der Waals surface area contributed by atoms with Crippen molar-refractivity contribution in [3.05, 3.63) is 29.8 Å². The summed E-state index contributed by atoms with van der Waals surface area (Å²) in [4.78, 5) is 26.0. The zero-order valence-corrected chi connectivity index (χ0v) is 16.1. The molecular weight excluding hydrogens is 344 g/mol. The Hall–Kier alpha value is -2.24. The van der Waals surface area contributed by atoms with E-state index in [2.05, 4.69) is 23.5 Å². The first-order valence-corrected chi connectivity index (χ1v) is 9.94. The van der Waals surface area contributed by atoms with E-state index in [1.807, 2.05) is 24.8 Å². The van der Waals surface area contributed by atoms with Gasteiger partial charge in [0.15, 0.2) is 0 Å². The van der Waals surface area contributed by atoms with Crippen LogP contribution in [0.4, 0.5) is 4.79 Å². The summed E-state index contributed by atoms with van der Waals surface area (Å²) in [6, 6.07) is 8.35. The third-order valence-electron chi connectivity index (χ3n) is 5.98. The molecule has 0 aromatic heterocycles. The second-order valence-corrected chi connectivity index (χ2v) is 8.43. The number of cyclic esters (lactones) is 1. The molecule has 0 atom stereocenters. The Labute approximate surface area is 160 Å². The second kappa shape index (κ2) is 7.06. The van der Waals surface area contributed by atoms with Gasteiger partial charge in [0.25, 0.3) is 0 Å². The number of carbonyl (C=O) groups excluding carboxylic acids is 2. The summed E-state index contributed by atoms with van der Waals surface area (Å²) in [5, 5.41) is 2.86. The number of hydrogen-bond donors (Lipinski definition) is 1. The van der Waals surface area contributed by atoms with Gasteiger partial charge in [0.05, 0.1) is 11.6 Å². The summed E-state index contributed by atoms with van der Waals surface area (Å²) < 4.78 is 10.8. The fourth-order valence-electron chi connectivity index (χ4n) is 4.58. The minimum Gasteiger partial charge on any atom is -0.491 e. The number of ether oxygens (including phenoxy) is 2. The number of benzene rings is 1. The summed E-state index contributed by atoms with van der Waals surface area (Å²) >= 11 is 0. The highest BCUT2D eigenvalue weighted by Crippen LogP contribution is 2.42. The summed E-state index contributed by atoms with van der Waals surface area (Å²) in [7, 11) is 0. The standard InChI is InChI=1S/C21H28N2O4/c1-14(2)27-18-5-3-4-16(10-18)15-6-8-23(9-7-15)19(24)17-11-21(12-17)13-26-20(25)22-21/h3-5,10,14-15,17H,6-9,11-13H2,1-2H3,(H,22,25). The summed E-state index contributed by atoms with van der Waals surface area (Å²) in [5.41, 5.74) is 1.01. The van der Waals surface area contributed by atoms with Crippen molar-refractivity contribution in [2.45, 2.75) is 57.1 Å². The van der Waals surface area contributed by atoms with Crippen LogP contribution in [0.2, 0.25) is 0 Å². The second-order valence-electron chi connectivity index (χ2n) is 8.43. The molecule has 1 aromatic rings. The Morgan fingerprint density at radius 3 is 2.67 bits per heavy atom. The quantitative estimate of drug-likeness (QED) is 0.882. The Morgan fingerprint density at radius 1 is 1.30 bits per heavy atom. The monoisotopic (exact) mass is 372 g/mol. The number of rotatable bonds is 4. The predicted octanol–water partition coefficient (Wildman–Crippen LogP) is 3.07. The molecule has 3 aliphatic rings. The molecule has 2 aliphatic heterocycles. The molecule has 0 radical (unpaired) electrons. The number of carbonyl (C=O) groups is 2. The topological polar surface area (TPSA) is 67.9 Å². The molecule has 2 heterocycles. The van der Waals surface area contributed by atoms with Crippen molar-refractivity contribution in [2.75, 3.05) is 19.7 Å². The summed E-state index contributed by atoms with van der Waals surface area (Å²) in [6.07, 6.45) is 3.17. The van der Waals surface area contributed by atoms with Gasteiger partial charge in [0, 0.05) is 19.0 Å². The lowest BCUT2D eigenvalue weighted by molar-refractivity contribution is -0.142. The number of nitrogens with one attached hydrogen (secondary N) is 1. The third kappa shape index (κ3) is 3.75. The molecular formula is C21H28N2O4. The van der Waals surface area contributed by atoms with Gasteiger partial charge in [-0.3, -0.25) is 4.79 Å². The van der Waals surface area contributed by atoms with Crippen LogP contribution in [0.25, 0.3) is 0 Å². The van der Waals surface area contributed by atoms with Crippen molar-refractivity contribution < 1.29 is 19.1 Å². The minimum atomic E-state index is -0.356. The van der Waals surface area contributed by atoms with Gasteiger partial charge in [-0.15, -0.1) is 0 Å². The van der Waals surface area contributed by atoms with E-state index in [0.717, 1.165) is 31.7 Å². The normalized spacial score (nSPS) is 28.0. The molecule has 6 nitrogen and oxygen atoms in total. The Morgan fingerprint density at radius 2 is 2.04 bits per heavy atom. The maximum absolute atomic E-state index is 12.8. The molecule has 0 unspecified atom stereocenters. The molecule has 27 heavy (non-hydrogen) atoms. The zero-order chi connectivity index (χ0) is 19.0. The van der Waals surface area contributed by atoms with Gasteiger partial charge in [0.1, 0.15) is 12.4 Å². The van der Waals surface area contributed by atoms with Crippen molar-refractivity contribution >= 4 is 12.0 Å². The van der Waals surface area contributed by atoms with Crippen LogP contribution < -0.4 is 10.1 Å². The number of likely N-dealkylation sites (tertiary alicyclic amines) is 1. The molecule has 4 rings (SSSR count). The smallest absolute Gasteiger partial charge is 0.407 e. The van der Waals surface area contributed by atoms with Crippen molar-refractivity contribution in [1.82, 2.24) is 10.2 Å². The molecule has 146 valence electrons. The third-order valence-corrected chi connectivity index (χ3v) is 5.98. The summed E-state index contributed by atoms with van der Waals surface area (Å²) in [5.74, 6) is 1.64. The van der Waals surface area contributed by atoms with E-state index >= 15 is 0 Å². The number of amides is 2. The fourth-order valence-corrected chi connectivity index (χ4v) is 4.58. The highest BCUT2D eigenvalue weighted by Gasteiger charge is 2.53. The van der Waals surface area contributed by atoms with Crippen molar-refractivity contribution in [3.8, 4) is 5.75 Å². The Kier molecular flexibility index (Phi) is 4.74. The van der Waals surface area contributed by atoms with Gasteiger partial charge in [-0.1, -0.05) is 12.1 Å².